The van der Waals surface area contributed by atoms with Crippen LogP contribution in [0, 0.1) is 11.3 Å². The third kappa shape index (κ3) is 0.556. The maximum absolute atomic E-state index is 10.5. The molecule has 2 aliphatic rings. The highest BCUT2D eigenvalue weighted by Crippen LogP contribution is 2.56. The Morgan fingerprint density at radius 1 is 1.80 bits per heavy atom. The molecule has 0 aromatic heterocycles. The lowest BCUT2D eigenvalue weighted by molar-refractivity contribution is -0.106. The number of fused-ring (bicyclic) bond motifs is 1. The lowest BCUT2D eigenvalue weighted by atomic mass is 9.61. The van der Waals surface area contributed by atoms with E-state index in [-0.39, 0.29) is 0 Å². The number of carbonyl (C=O) groups is 1. The van der Waals surface area contributed by atoms with Gasteiger partial charge in [-0.25, -0.2) is 0 Å². The first-order chi connectivity index (χ1) is 4.76. The summed E-state index contributed by atoms with van der Waals surface area (Å²) in [5.41, 5.74) is 1.55. The van der Waals surface area contributed by atoms with Crippen LogP contribution in [0.5, 0.6) is 0 Å². The molecule has 1 fully saturated rings. The topological polar surface area (TPSA) is 17.1 Å². The van der Waals surface area contributed by atoms with Crippen molar-refractivity contribution in [1.29, 1.82) is 0 Å². The molecule has 10 heavy (non-hydrogen) atoms. The molecule has 2 rings (SSSR count). The minimum Gasteiger partial charge on any atom is -0.298 e. The summed E-state index contributed by atoms with van der Waals surface area (Å²) in [6.07, 6.45) is 6.83. The van der Waals surface area contributed by atoms with Crippen molar-refractivity contribution in [2.24, 2.45) is 11.3 Å². The number of allylic oxidation sites excluding steroid dienone is 2. The predicted octanol–water partition coefficient (Wildman–Crippen LogP) is 1.93. The summed E-state index contributed by atoms with van der Waals surface area (Å²) in [5.74, 6) is 0.616. The molecule has 0 aromatic carbocycles. The van der Waals surface area contributed by atoms with E-state index in [1.165, 1.54) is 12.8 Å². The number of carbonyl (C=O) groups excluding carboxylic acids is 1. The largest absolute Gasteiger partial charge is 0.298 e. The van der Waals surface area contributed by atoms with E-state index >= 15 is 0 Å². The fourth-order valence-electron chi connectivity index (χ4n) is 2.22. The Hall–Kier alpha value is -0.590. The Kier molecular flexibility index (Phi) is 1.05. The molecule has 1 saturated carbocycles. The highest BCUT2D eigenvalue weighted by atomic mass is 16.1. The number of aldehydes is 1. The average Bonchev–Trinajstić information content (AvgIpc) is 2.12. The Bertz CT molecular complexity index is 205. The first kappa shape index (κ1) is 6.14. The molecule has 0 bridgehead atoms. The SMILES string of the molecule is C[C@]12CC=C(C=O)[C@H]1CC2. The standard InChI is InChI=1S/C9H12O/c1-9-4-2-7(6-10)8(9)3-5-9/h2,6,8H,3-5H2,1H3/t8-,9-/m1/s1. The van der Waals surface area contributed by atoms with E-state index in [9.17, 15) is 4.79 Å². The molecule has 0 N–H and O–H groups in total. The maximum Gasteiger partial charge on any atom is 0.146 e. The molecule has 54 valence electrons. The van der Waals surface area contributed by atoms with Crippen molar-refractivity contribution in [2.45, 2.75) is 26.2 Å². The van der Waals surface area contributed by atoms with Gasteiger partial charge >= 0.3 is 0 Å². The third-order valence-corrected chi connectivity index (χ3v) is 3.19. The molecule has 1 nitrogen and oxygen atoms in total. The third-order valence-electron chi connectivity index (χ3n) is 3.19. The summed E-state index contributed by atoms with van der Waals surface area (Å²) in [5, 5.41) is 0. The van der Waals surface area contributed by atoms with Gasteiger partial charge in [-0.2, -0.15) is 0 Å². The van der Waals surface area contributed by atoms with Crippen LogP contribution in [0.15, 0.2) is 11.6 Å². The van der Waals surface area contributed by atoms with E-state index in [1.807, 2.05) is 0 Å². The first-order valence-corrected chi connectivity index (χ1v) is 3.91. The summed E-state index contributed by atoms with van der Waals surface area (Å²) in [6.45, 7) is 2.29. The summed E-state index contributed by atoms with van der Waals surface area (Å²) >= 11 is 0. The maximum atomic E-state index is 10.5. The monoisotopic (exact) mass is 136 g/mol. The van der Waals surface area contributed by atoms with Crippen molar-refractivity contribution in [3.05, 3.63) is 11.6 Å². The van der Waals surface area contributed by atoms with Crippen LogP contribution in [0.4, 0.5) is 0 Å². The van der Waals surface area contributed by atoms with Gasteiger partial charge in [0.2, 0.25) is 0 Å². The van der Waals surface area contributed by atoms with E-state index in [4.69, 9.17) is 0 Å². The number of hydrogen-bond acceptors (Lipinski definition) is 1. The Morgan fingerprint density at radius 3 is 2.90 bits per heavy atom. The quantitative estimate of drug-likeness (QED) is 0.503. The molecule has 2 aliphatic carbocycles. The molecule has 1 heteroatoms. The normalized spacial score (nSPS) is 43.7. The first-order valence-electron chi connectivity index (χ1n) is 3.91. The Labute approximate surface area is 61.1 Å². The van der Waals surface area contributed by atoms with Gasteiger partial charge in [-0.05, 0) is 36.2 Å². The van der Waals surface area contributed by atoms with E-state index in [0.717, 1.165) is 18.3 Å². The number of hydrogen-bond donors (Lipinski definition) is 0. The Balaban J connectivity index is 2.23. The fraction of sp³-hybridized carbons (Fsp3) is 0.667. The molecule has 0 aromatic rings. The fourth-order valence-corrected chi connectivity index (χ4v) is 2.22. The van der Waals surface area contributed by atoms with Crippen molar-refractivity contribution < 1.29 is 4.79 Å². The highest BCUT2D eigenvalue weighted by Gasteiger charge is 2.46. The van der Waals surface area contributed by atoms with Gasteiger partial charge in [0, 0.05) is 0 Å². The highest BCUT2D eigenvalue weighted by molar-refractivity contribution is 5.75. The zero-order chi connectivity index (χ0) is 7.19. The second-order valence-corrected chi connectivity index (χ2v) is 3.77. The number of rotatable bonds is 1. The van der Waals surface area contributed by atoms with Crippen LogP contribution in [0.2, 0.25) is 0 Å². The summed E-state index contributed by atoms with van der Waals surface area (Å²) in [7, 11) is 0. The van der Waals surface area contributed by atoms with Crippen molar-refractivity contribution >= 4 is 6.29 Å². The van der Waals surface area contributed by atoms with Gasteiger partial charge in [0.25, 0.3) is 0 Å². The van der Waals surface area contributed by atoms with E-state index in [2.05, 4.69) is 13.0 Å². The van der Waals surface area contributed by atoms with E-state index in [0.29, 0.717) is 11.3 Å². The van der Waals surface area contributed by atoms with Crippen LogP contribution in [0.25, 0.3) is 0 Å². The molecule has 0 heterocycles. The van der Waals surface area contributed by atoms with Crippen LogP contribution in [0.3, 0.4) is 0 Å². The van der Waals surface area contributed by atoms with Crippen LogP contribution < -0.4 is 0 Å². The minimum atomic E-state index is 0.482. The molecule has 0 unspecified atom stereocenters. The Morgan fingerprint density at radius 2 is 2.60 bits per heavy atom. The molecule has 0 saturated heterocycles. The van der Waals surface area contributed by atoms with Gasteiger partial charge in [0.05, 0.1) is 0 Å². The van der Waals surface area contributed by atoms with Gasteiger partial charge < -0.3 is 0 Å². The second-order valence-electron chi connectivity index (χ2n) is 3.77. The minimum absolute atomic E-state index is 0.482. The van der Waals surface area contributed by atoms with Crippen LogP contribution in [-0.2, 0) is 4.79 Å². The van der Waals surface area contributed by atoms with E-state index < -0.39 is 0 Å². The van der Waals surface area contributed by atoms with Crippen LogP contribution >= 0.6 is 0 Å². The predicted molar refractivity (Wildman–Crippen MR) is 39.6 cm³/mol. The molecule has 0 radical (unpaired) electrons. The summed E-state index contributed by atoms with van der Waals surface area (Å²) in [6, 6.07) is 0. The lowest BCUT2D eigenvalue weighted by Crippen LogP contribution is -2.34. The van der Waals surface area contributed by atoms with Crippen molar-refractivity contribution in [2.75, 3.05) is 0 Å². The van der Waals surface area contributed by atoms with Crippen LogP contribution in [0.1, 0.15) is 26.2 Å². The van der Waals surface area contributed by atoms with Gasteiger partial charge in [0.1, 0.15) is 6.29 Å². The molecular formula is C9H12O. The van der Waals surface area contributed by atoms with Crippen molar-refractivity contribution in [3.8, 4) is 0 Å². The van der Waals surface area contributed by atoms with Gasteiger partial charge in [-0.1, -0.05) is 13.0 Å². The zero-order valence-electron chi connectivity index (χ0n) is 6.26. The second kappa shape index (κ2) is 1.71. The van der Waals surface area contributed by atoms with Gasteiger partial charge in [-0.15, -0.1) is 0 Å². The lowest BCUT2D eigenvalue weighted by Gasteiger charge is -2.43. The molecule has 2 atom stereocenters. The zero-order valence-corrected chi connectivity index (χ0v) is 6.26. The molecule has 0 spiro atoms. The van der Waals surface area contributed by atoms with Crippen molar-refractivity contribution in [1.82, 2.24) is 0 Å². The molecule has 0 aliphatic heterocycles. The summed E-state index contributed by atoms with van der Waals surface area (Å²) in [4.78, 5) is 10.5. The average molecular weight is 136 g/mol. The van der Waals surface area contributed by atoms with E-state index in [1.54, 1.807) is 0 Å². The van der Waals surface area contributed by atoms with Crippen molar-refractivity contribution in [3.63, 3.8) is 0 Å². The van der Waals surface area contributed by atoms with Gasteiger partial charge in [0.15, 0.2) is 0 Å². The van der Waals surface area contributed by atoms with Crippen LogP contribution in [-0.4, -0.2) is 6.29 Å². The smallest absolute Gasteiger partial charge is 0.146 e. The molecule has 0 amide bonds. The molecular weight excluding hydrogens is 124 g/mol. The summed E-state index contributed by atoms with van der Waals surface area (Å²) < 4.78 is 0. The van der Waals surface area contributed by atoms with Gasteiger partial charge in [-0.3, -0.25) is 4.79 Å².